The van der Waals surface area contributed by atoms with Crippen LogP contribution in [0.2, 0.25) is 0 Å². The number of aliphatic hydroxyl groups excluding tert-OH is 1. The number of rotatable bonds is 3. The van der Waals surface area contributed by atoms with Gasteiger partial charge in [0.15, 0.2) is 0 Å². The van der Waals surface area contributed by atoms with Crippen LogP contribution in [0, 0.1) is 11.7 Å². The molecule has 0 saturated heterocycles. The maximum atomic E-state index is 12.8. The molecule has 0 amide bonds. The van der Waals surface area contributed by atoms with Crippen molar-refractivity contribution in [3.8, 4) is 0 Å². The minimum Gasteiger partial charge on any atom is -0.387 e. The summed E-state index contributed by atoms with van der Waals surface area (Å²) in [6, 6.07) is 5.54. The summed E-state index contributed by atoms with van der Waals surface area (Å²) in [7, 11) is 0. The molecule has 0 bridgehead atoms. The highest BCUT2D eigenvalue weighted by Crippen LogP contribution is 2.20. The predicted octanol–water partition coefficient (Wildman–Crippen LogP) is 1.84. The van der Waals surface area contributed by atoms with Crippen LogP contribution in [0.4, 0.5) is 4.39 Å². The van der Waals surface area contributed by atoms with E-state index in [2.05, 4.69) is 0 Å². The van der Waals surface area contributed by atoms with Crippen molar-refractivity contribution in [3.05, 3.63) is 35.6 Å². The van der Waals surface area contributed by atoms with E-state index in [0.29, 0.717) is 5.56 Å². The number of hydrogen-bond donors (Lipinski definition) is 2. The molecule has 0 saturated carbocycles. The van der Waals surface area contributed by atoms with Crippen LogP contribution in [0.25, 0.3) is 0 Å². The SMILES string of the molecule is CC(C)[C@H](N)[C@@H](O)c1cccc(F)c1. The molecule has 3 N–H and O–H groups in total. The predicted molar refractivity (Wildman–Crippen MR) is 54.2 cm³/mol. The number of nitrogens with two attached hydrogens (primary N) is 1. The van der Waals surface area contributed by atoms with Crippen molar-refractivity contribution in [1.29, 1.82) is 0 Å². The van der Waals surface area contributed by atoms with E-state index < -0.39 is 6.10 Å². The van der Waals surface area contributed by atoms with Gasteiger partial charge in [0.1, 0.15) is 5.82 Å². The van der Waals surface area contributed by atoms with Crippen molar-refractivity contribution in [2.24, 2.45) is 11.7 Å². The molecule has 78 valence electrons. The number of halogens is 1. The van der Waals surface area contributed by atoms with E-state index >= 15 is 0 Å². The Bertz CT molecular complexity index is 301. The third-order valence-electron chi connectivity index (χ3n) is 2.32. The Morgan fingerprint density at radius 3 is 2.50 bits per heavy atom. The smallest absolute Gasteiger partial charge is 0.123 e. The second-order valence-corrected chi connectivity index (χ2v) is 3.82. The minimum absolute atomic E-state index is 0.160. The van der Waals surface area contributed by atoms with Gasteiger partial charge in [-0.15, -0.1) is 0 Å². The van der Waals surface area contributed by atoms with Gasteiger partial charge in [-0.3, -0.25) is 0 Å². The highest BCUT2D eigenvalue weighted by Gasteiger charge is 2.19. The first-order chi connectivity index (χ1) is 6.52. The molecule has 1 rings (SSSR count). The second kappa shape index (κ2) is 4.53. The summed E-state index contributed by atoms with van der Waals surface area (Å²) in [5, 5.41) is 9.79. The molecule has 3 heteroatoms. The Balaban J connectivity index is 2.83. The first kappa shape index (κ1) is 11.1. The van der Waals surface area contributed by atoms with Crippen LogP contribution in [-0.4, -0.2) is 11.1 Å². The van der Waals surface area contributed by atoms with E-state index in [1.54, 1.807) is 12.1 Å². The lowest BCUT2D eigenvalue weighted by molar-refractivity contribution is 0.125. The van der Waals surface area contributed by atoms with Gasteiger partial charge in [0.2, 0.25) is 0 Å². The first-order valence-electron chi connectivity index (χ1n) is 4.71. The van der Waals surface area contributed by atoms with Gasteiger partial charge >= 0.3 is 0 Å². The fourth-order valence-corrected chi connectivity index (χ4v) is 1.28. The van der Waals surface area contributed by atoms with E-state index in [9.17, 15) is 9.50 Å². The summed E-state index contributed by atoms with van der Waals surface area (Å²) in [4.78, 5) is 0. The summed E-state index contributed by atoms with van der Waals surface area (Å²) >= 11 is 0. The topological polar surface area (TPSA) is 46.2 Å². The molecule has 2 atom stereocenters. The number of hydrogen-bond acceptors (Lipinski definition) is 2. The van der Waals surface area contributed by atoms with Crippen molar-refractivity contribution >= 4 is 0 Å². The van der Waals surface area contributed by atoms with Crippen LogP contribution >= 0.6 is 0 Å². The van der Waals surface area contributed by atoms with Crippen LogP contribution in [0.3, 0.4) is 0 Å². The third-order valence-corrected chi connectivity index (χ3v) is 2.32. The number of aliphatic hydroxyl groups is 1. The highest BCUT2D eigenvalue weighted by molar-refractivity contribution is 5.20. The molecule has 14 heavy (non-hydrogen) atoms. The van der Waals surface area contributed by atoms with Crippen LogP contribution in [0.15, 0.2) is 24.3 Å². The molecule has 0 aliphatic carbocycles. The lowest BCUT2D eigenvalue weighted by Gasteiger charge is -2.22. The zero-order valence-corrected chi connectivity index (χ0v) is 8.44. The van der Waals surface area contributed by atoms with Gasteiger partial charge in [-0.2, -0.15) is 0 Å². The zero-order valence-electron chi connectivity index (χ0n) is 8.44. The average molecular weight is 197 g/mol. The molecule has 0 aliphatic heterocycles. The van der Waals surface area contributed by atoms with Crippen molar-refractivity contribution in [2.45, 2.75) is 26.0 Å². The Hall–Kier alpha value is -0.930. The summed E-state index contributed by atoms with van der Waals surface area (Å²) in [5.41, 5.74) is 6.30. The van der Waals surface area contributed by atoms with Crippen molar-refractivity contribution in [3.63, 3.8) is 0 Å². The first-order valence-corrected chi connectivity index (χ1v) is 4.71. The van der Waals surface area contributed by atoms with Crippen LogP contribution in [0.1, 0.15) is 25.5 Å². The van der Waals surface area contributed by atoms with E-state index in [-0.39, 0.29) is 17.8 Å². The lowest BCUT2D eigenvalue weighted by Crippen LogP contribution is -2.33. The van der Waals surface area contributed by atoms with Crippen LogP contribution in [-0.2, 0) is 0 Å². The molecule has 0 radical (unpaired) electrons. The Labute approximate surface area is 83.6 Å². The summed E-state index contributed by atoms with van der Waals surface area (Å²) < 4.78 is 12.8. The molecule has 0 heterocycles. The highest BCUT2D eigenvalue weighted by atomic mass is 19.1. The molecule has 2 nitrogen and oxygen atoms in total. The number of benzene rings is 1. The average Bonchev–Trinajstić information content (AvgIpc) is 2.15. The van der Waals surface area contributed by atoms with Gasteiger partial charge in [-0.25, -0.2) is 4.39 Å². The van der Waals surface area contributed by atoms with E-state index in [1.807, 2.05) is 13.8 Å². The largest absolute Gasteiger partial charge is 0.387 e. The molecule has 0 aromatic heterocycles. The maximum absolute atomic E-state index is 12.8. The molecular formula is C11H16FNO. The molecule has 0 spiro atoms. The minimum atomic E-state index is -0.800. The van der Waals surface area contributed by atoms with Gasteiger partial charge in [0.25, 0.3) is 0 Å². The van der Waals surface area contributed by atoms with E-state index in [4.69, 9.17) is 5.73 Å². The van der Waals surface area contributed by atoms with Gasteiger partial charge in [0.05, 0.1) is 6.10 Å². The van der Waals surface area contributed by atoms with E-state index in [1.165, 1.54) is 12.1 Å². The summed E-state index contributed by atoms with van der Waals surface area (Å²) in [6.45, 7) is 3.85. The third kappa shape index (κ3) is 2.53. The Kier molecular flexibility index (Phi) is 3.61. The molecular weight excluding hydrogens is 181 g/mol. The summed E-state index contributed by atoms with van der Waals surface area (Å²) in [6.07, 6.45) is -0.800. The zero-order chi connectivity index (χ0) is 10.7. The molecule has 1 aromatic rings. The van der Waals surface area contributed by atoms with Gasteiger partial charge in [-0.05, 0) is 23.6 Å². The van der Waals surface area contributed by atoms with Crippen LogP contribution in [0.5, 0.6) is 0 Å². The van der Waals surface area contributed by atoms with Crippen molar-refractivity contribution in [1.82, 2.24) is 0 Å². The Morgan fingerprint density at radius 2 is 2.00 bits per heavy atom. The fraction of sp³-hybridized carbons (Fsp3) is 0.455. The lowest BCUT2D eigenvalue weighted by atomic mass is 9.94. The molecule has 0 fully saturated rings. The standard InChI is InChI=1S/C11H16FNO/c1-7(2)10(13)11(14)8-4-3-5-9(12)6-8/h3-7,10-11,14H,13H2,1-2H3/t10-,11-/m0/s1. The monoisotopic (exact) mass is 197 g/mol. The summed E-state index contributed by atoms with van der Waals surface area (Å²) in [5.74, 6) is -0.189. The van der Waals surface area contributed by atoms with Gasteiger partial charge in [-0.1, -0.05) is 26.0 Å². The molecule has 0 unspecified atom stereocenters. The van der Waals surface area contributed by atoms with Crippen LogP contribution < -0.4 is 5.73 Å². The van der Waals surface area contributed by atoms with Gasteiger partial charge in [0, 0.05) is 6.04 Å². The molecule has 0 aliphatic rings. The van der Waals surface area contributed by atoms with E-state index in [0.717, 1.165) is 0 Å². The second-order valence-electron chi connectivity index (χ2n) is 3.82. The fourth-order valence-electron chi connectivity index (χ4n) is 1.28. The maximum Gasteiger partial charge on any atom is 0.123 e. The normalized spacial score (nSPS) is 15.6. The molecule has 1 aromatic carbocycles. The van der Waals surface area contributed by atoms with Gasteiger partial charge < -0.3 is 10.8 Å². The Morgan fingerprint density at radius 1 is 1.36 bits per heavy atom. The van der Waals surface area contributed by atoms with Crippen molar-refractivity contribution in [2.75, 3.05) is 0 Å². The quantitative estimate of drug-likeness (QED) is 0.776. The van der Waals surface area contributed by atoms with Crippen molar-refractivity contribution < 1.29 is 9.50 Å².